The van der Waals surface area contributed by atoms with Gasteiger partial charge in [0.2, 0.25) is 5.75 Å². The van der Waals surface area contributed by atoms with Crippen molar-refractivity contribution < 1.29 is 29.2 Å². The summed E-state index contributed by atoms with van der Waals surface area (Å²) < 4.78 is 5.22. The molecular formula is C15H13BrN2O7S. The zero-order valence-corrected chi connectivity index (χ0v) is 16.0. The Hall–Kier alpha value is -2.40. The predicted molar refractivity (Wildman–Crippen MR) is 96.4 cm³/mol. The first-order valence-electron chi connectivity index (χ1n) is 7.22. The molecule has 0 bridgehead atoms. The van der Waals surface area contributed by atoms with Crippen molar-refractivity contribution in [3.63, 3.8) is 0 Å². The number of imide groups is 1. The molecule has 11 heteroatoms. The SMILES string of the molecule is CC(C)OC(=O)CN1C(=O)S/C(=C\c2cc(Br)cc([N+](=O)[O-])c2O)C1=O. The van der Waals surface area contributed by atoms with Gasteiger partial charge in [-0.3, -0.25) is 29.4 Å². The monoisotopic (exact) mass is 444 g/mol. The Kier molecular flexibility index (Phi) is 6.03. The average Bonchev–Trinajstić information content (AvgIpc) is 2.77. The van der Waals surface area contributed by atoms with Gasteiger partial charge in [0.25, 0.3) is 11.1 Å². The number of carbonyl (C=O) groups excluding carboxylic acids is 3. The number of esters is 1. The van der Waals surface area contributed by atoms with Crippen LogP contribution >= 0.6 is 27.7 Å². The van der Waals surface area contributed by atoms with Crippen molar-refractivity contribution >= 4 is 56.6 Å². The Labute approximate surface area is 160 Å². The Morgan fingerprint density at radius 3 is 2.69 bits per heavy atom. The second-order valence-electron chi connectivity index (χ2n) is 5.43. The fourth-order valence-corrected chi connectivity index (χ4v) is 3.35. The van der Waals surface area contributed by atoms with Crippen LogP contribution < -0.4 is 0 Å². The summed E-state index contributed by atoms with van der Waals surface area (Å²) >= 11 is 3.65. The molecule has 1 aromatic rings. The molecule has 2 amide bonds. The summed E-state index contributed by atoms with van der Waals surface area (Å²) in [6, 6.07) is 2.48. The van der Waals surface area contributed by atoms with E-state index in [1.54, 1.807) is 13.8 Å². The lowest BCUT2D eigenvalue weighted by Gasteiger charge is -2.13. The number of phenolic OH excluding ortho intramolecular Hbond substituents is 1. The van der Waals surface area contributed by atoms with Crippen LogP contribution in [0.1, 0.15) is 19.4 Å². The minimum atomic E-state index is -0.773. The maximum absolute atomic E-state index is 12.3. The highest BCUT2D eigenvalue weighted by Gasteiger charge is 2.37. The lowest BCUT2D eigenvalue weighted by molar-refractivity contribution is -0.385. The number of amides is 2. The van der Waals surface area contributed by atoms with E-state index in [1.807, 2.05) is 0 Å². The number of thioether (sulfide) groups is 1. The number of nitro groups is 1. The molecule has 1 aliphatic rings. The summed E-state index contributed by atoms with van der Waals surface area (Å²) in [5.74, 6) is -2.11. The molecule has 1 saturated heterocycles. The first-order chi connectivity index (χ1) is 12.1. The molecule has 0 saturated carbocycles. The summed E-state index contributed by atoms with van der Waals surface area (Å²) in [7, 11) is 0. The standard InChI is InChI=1S/C15H13BrN2O7S/c1-7(2)25-12(19)6-17-14(21)11(26-15(17)22)4-8-3-9(16)5-10(13(8)20)18(23)24/h3-5,7,20H,6H2,1-2H3/b11-4-. The number of halogens is 1. The van der Waals surface area contributed by atoms with Gasteiger partial charge < -0.3 is 9.84 Å². The molecule has 0 atom stereocenters. The number of benzene rings is 1. The topological polar surface area (TPSA) is 127 Å². The van der Waals surface area contributed by atoms with Crippen LogP contribution in [-0.4, -0.2) is 44.7 Å². The zero-order valence-electron chi connectivity index (χ0n) is 13.6. The second-order valence-corrected chi connectivity index (χ2v) is 7.34. The fourth-order valence-electron chi connectivity index (χ4n) is 2.06. The molecule has 0 radical (unpaired) electrons. The predicted octanol–water partition coefficient (Wildman–Crippen LogP) is 3.05. The first kappa shape index (κ1) is 19.9. The highest BCUT2D eigenvalue weighted by molar-refractivity contribution is 9.10. The number of ether oxygens (including phenoxy) is 1. The molecule has 138 valence electrons. The van der Waals surface area contributed by atoms with Gasteiger partial charge in [-0.25, -0.2) is 0 Å². The maximum Gasteiger partial charge on any atom is 0.326 e. The number of carbonyl (C=O) groups is 3. The zero-order chi connectivity index (χ0) is 19.6. The minimum absolute atomic E-state index is 0.0127. The Morgan fingerprint density at radius 1 is 1.46 bits per heavy atom. The van der Waals surface area contributed by atoms with E-state index in [0.29, 0.717) is 21.1 Å². The number of nitro benzene ring substituents is 1. The molecule has 1 N–H and O–H groups in total. The number of hydrogen-bond donors (Lipinski definition) is 1. The van der Waals surface area contributed by atoms with Gasteiger partial charge in [-0.2, -0.15) is 0 Å². The highest BCUT2D eigenvalue weighted by Crippen LogP contribution is 2.38. The van der Waals surface area contributed by atoms with Crippen molar-refractivity contribution in [2.75, 3.05) is 6.54 Å². The number of phenols is 1. The van der Waals surface area contributed by atoms with Crippen molar-refractivity contribution in [3.05, 3.63) is 37.2 Å². The number of aromatic hydroxyl groups is 1. The molecule has 0 spiro atoms. The van der Waals surface area contributed by atoms with Crippen LogP contribution in [0.25, 0.3) is 6.08 Å². The number of nitrogens with zero attached hydrogens (tertiary/aromatic N) is 2. The Balaban J connectivity index is 2.31. The van der Waals surface area contributed by atoms with Gasteiger partial charge in [-0.1, -0.05) is 15.9 Å². The summed E-state index contributed by atoms with van der Waals surface area (Å²) in [6.45, 7) is 2.73. The van der Waals surface area contributed by atoms with Crippen LogP contribution in [-0.2, 0) is 14.3 Å². The van der Waals surface area contributed by atoms with Crippen LogP contribution in [0.5, 0.6) is 5.75 Å². The summed E-state index contributed by atoms with van der Waals surface area (Å²) in [4.78, 5) is 46.8. The number of hydrogen-bond acceptors (Lipinski definition) is 8. The molecule has 1 aromatic carbocycles. The van der Waals surface area contributed by atoms with Crippen molar-refractivity contribution in [3.8, 4) is 5.75 Å². The van der Waals surface area contributed by atoms with Gasteiger partial charge in [0.05, 0.1) is 15.9 Å². The molecular weight excluding hydrogens is 432 g/mol. The third kappa shape index (κ3) is 4.41. The number of rotatable bonds is 5. The van der Waals surface area contributed by atoms with Crippen LogP contribution in [0.3, 0.4) is 0 Å². The first-order valence-corrected chi connectivity index (χ1v) is 8.83. The van der Waals surface area contributed by atoms with E-state index in [0.717, 1.165) is 12.1 Å². The molecule has 9 nitrogen and oxygen atoms in total. The quantitative estimate of drug-likeness (QED) is 0.317. The summed E-state index contributed by atoms with van der Waals surface area (Å²) in [5, 5.41) is 20.3. The summed E-state index contributed by atoms with van der Waals surface area (Å²) in [5.41, 5.74) is -0.563. The van der Waals surface area contributed by atoms with Gasteiger partial charge in [0.15, 0.2) is 0 Å². The van der Waals surface area contributed by atoms with E-state index in [2.05, 4.69) is 15.9 Å². The van der Waals surface area contributed by atoms with Crippen LogP contribution in [0.4, 0.5) is 10.5 Å². The normalized spacial score (nSPS) is 15.8. The van der Waals surface area contributed by atoms with Crippen molar-refractivity contribution in [2.45, 2.75) is 20.0 Å². The van der Waals surface area contributed by atoms with Gasteiger partial charge in [-0.15, -0.1) is 0 Å². The van der Waals surface area contributed by atoms with Crippen LogP contribution in [0.2, 0.25) is 0 Å². The second kappa shape index (κ2) is 7.87. The van der Waals surface area contributed by atoms with E-state index in [-0.39, 0.29) is 10.5 Å². The van der Waals surface area contributed by atoms with Crippen LogP contribution in [0.15, 0.2) is 21.5 Å². The third-order valence-electron chi connectivity index (χ3n) is 3.10. The van der Waals surface area contributed by atoms with Gasteiger partial charge in [-0.05, 0) is 37.8 Å². The maximum atomic E-state index is 12.3. The van der Waals surface area contributed by atoms with Crippen molar-refractivity contribution in [1.29, 1.82) is 0 Å². The largest absolute Gasteiger partial charge is 0.502 e. The van der Waals surface area contributed by atoms with Crippen molar-refractivity contribution in [1.82, 2.24) is 4.90 Å². The highest BCUT2D eigenvalue weighted by atomic mass is 79.9. The van der Waals surface area contributed by atoms with Gasteiger partial charge in [0.1, 0.15) is 6.54 Å². The molecule has 0 aromatic heterocycles. The lowest BCUT2D eigenvalue weighted by atomic mass is 10.1. The van der Waals surface area contributed by atoms with E-state index in [4.69, 9.17) is 4.74 Å². The Morgan fingerprint density at radius 2 is 2.12 bits per heavy atom. The molecule has 0 unspecified atom stereocenters. The molecule has 2 rings (SSSR count). The lowest BCUT2D eigenvalue weighted by Crippen LogP contribution is -2.35. The molecule has 1 fully saturated rings. The minimum Gasteiger partial charge on any atom is -0.502 e. The molecule has 1 heterocycles. The van der Waals surface area contributed by atoms with Gasteiger partial charge in [0, 0.05) is 16.1 Å². The van der Waals surface area contributed by atoms with Crippen LogP contribution in [0, 0.1) is 10.1 Å². The van der Waals surface area contributed by atoms with Gasteiger partial charge >= 0.3 is 11.7 Å². The van der Waals surface area contributed by atoms with E-state index >= 15 is 0 Å². The Bertz CT molecular complexity index is 838. The summed E-state index contributed by atoms with van der Waals surface area (Å²) in [6.07, 6.45) is 0.767. The van der Waals surface area contributed by atoms with E-state index in [9.17, 15) is 29.6 Å². The average molecular weight is 445 g/mol. The van der Waals surface area contributed by atoms with E-state index in [1.165, 1.54) is 6.07 Å². The third-order valence-corrected chi connectivity index (χ3v) is 4.46. The van der Waals surface area contributed by atoms with E-state index < -0.39 is 46.1 Å². The fraction of sp³-hybridized carbons (Fsp3) is 0.267. The molecule has 26 heavy (non-hydrogen) atoms. The van der Waals surface area contributed by atoms with Crippen molar-refractivity contribution in [2.24, 2.45) is 0 Å². The smallest absolute Gasteiger partial charge is 0.326 e. The molecule has 0 aliphatic carbocycles. The molecule has 1 aliphatic heterocycles.